The predicted molar refractivity (Wildman–Crippen MR) is 142 cm³/mol. The van der Waals surface area contributed by atoms with Gasteiger partial charge in [0.1, 0.15) is 6.04 Å². The molecule has 3 aliphatic rings. The van der Waals surface area contributed by atoms with E-state index in [0.29, 0.717) is 24.4 Å². The molecule has 2 fully saturated rings. The molecule has 3 amide bonds. The normalized spacial score (nSPS) is 20.1. The molecular weight excluding hydrogens is 486 g/mol. The van der Waals surface area contributed by atoms with Crippen molar-refractivity contribution in [2.75, 3.05) is 13.1 Å². The Labute approximate surface area is 221 Å². The van der Waals surface area contributed by atoms with Gasteiger partial charge in [-0.05, 0) is 64.8 Å². The standard InChI is InChI=1S/C30H28ClN3O3/c31-24-8-6-21(7-9-24)25-4-2-1-3-22(25)17-33-15-20(16-33)13-19-5-10-26-23(14-19)18-34(30(26)37)27-11-12-28(35)32-29(27)36/h1-10,14,20,27H,11-13,15-18H2,(H,32,35,36). The van der Waals surface area contributed by atoms with E-state index in [9.17, 15) is 14.4 Å². The number of hydrogen-bond acceptors (Lipinski definition) is 4. The molecule has 1 unspecified atom stereocenters. The Kier molecular flexibility index (Phi) is 6.31. The van der Waals surface area contributed by atoms with Gasteiger partial charge in [-0.15, -0.1) is 0 Å². The molecule has 188 valence electrons. The molecular formula is C30H28ClN3O3. The number of hydrogen-bond donors (Lipinski definition) is 1. The lowest BCUT2D eigenvalue weighted by Gasteiger charge is -2.40. The molecule has 3 aliphatic heterocycles. The molecule has 2 saturated heterocycles. The largest absolute Gasteiger partial charge is 0.322 e. The van der Waals surface area contributed by atoms with E-state index in [0.717, 1.165) is 36.6 Å². The van der Waals surface area contributed by atoms with Crippen LogP contribution in [0.1, 0.15) is 39.9 Å². The highest BCUT2D eigenvalue weighted by Crippen LogP contribution is 2.31. The van der Waals surface area contributed by atoms with E-state index in [-0.39, 0.29) is 24.1 Å². The topological polar surface area (TPSA) is 69.7 Å². The molecule has 1 atom stereocenters. The molecule has 37 heavy (non-hydrogen) atoms. The van der Waals surface area contributed by atoms with Crippen molar-refractivity contribution in [3.8, 4) is 11.1 Å². The number of halogens is 1. The van der Waals surface area contributed by atoms with Crippen molar-refractivity contribution in [2.24, 2.45) is 5.92 Å². The number of rotatable bonds is 6. The van der Waals surface area contributed by atoms with Gasteiger partial charge in [-0.3, -0.25) is 24.6 Å². The molecule has 3 heterocycles. The first-order valence-electron chi connectivity index (χ1n) is 12.8. The maximum absolute atomic E-state index is 12.9. The molecule has 0 spiro atoms. The first-order valence-corrected chi connectivity index (χ1v) is 13.1. The Morgan fingerprint density at radius 2 is 1.70 bits per heavy atom. The Morgan fingerprint density at radius 1 is 0.919 bits per heavy atom. The van der Waals surface area contributed by atoms with Gasteiger partial charge in [-0.25, -0.2) is 0 Å². The van der Waals surface area contributed by atoms with Gasteiger partial charge in [0, 0.05) is 43.2 Å². The van der Waals surface area contributed by atoms with Gasteiger partial charge >= 0.3 is 0 Å². The summed E-state index contributed by atoms with van der Waals surface area (Å²) in [5.41, 5.74) is 6.60. The van der Waals surface area contributed by atoms with Crippen LogP contribution < -0.4 is 5.32 Å². The summed E-state index contributed by atoms with van der Waals surface area (Å²) in [5, 5.41) is 3.10. The Balaban J connectivity index is 1.07. The third-order valence-corrected chi connectivity index (χ3v) is 7.96. The fourth-order valence-electron chi connectivity index (χ4n) is 5.83. The number of nitrogens with zero attached hydrogens (tertiary/aromatic N) is 2. The Morgan fingerprint density at radius 3 is 2.49 bits per heavy atom. The summed E-state index contributed by atoms with van der Waals surface area (Å²) in [6.07, 6.45) is 1.62. The molecule has 3 aromatic carbocycles. The number of carbonyl (C=O) groups is 3. The van der Waals surface area contributed by atoms with Crippen LogP contribution in [0.25, 0.3) is 11.1 Å². The highest BCUT2D eigenvalue weighted by Gasteiger charge is 2.39. The summed E-state index contributed by atoms with van der Waals surface area (Å²) >= 11 is 6.07. The molecule has 1 N–H and O–H groups in total. The van der Waals surface area contributed by atoms with E-state index < -0.39 is 6.04 Å². The number of likely N-dealkylation sites (tertiary alicyclic amines) is 1. The average molecular weight is 514 g/mol. The molecule has 0 bridgehead atoms. The molecule has 0 saturated carbocycles. The summed E-state index contributed by atoms with van der Waals surface area (Å²) < 4.78 is 0. The molecule has 7 heteroatoms. The van der Waals surface area contributed by atoms with E-state index in [4.69, 9.17) is 11.6 Å². The van der Waals surface area contributed by atoms with Crippen molar-refractivity contribution in [1.82, 2.24) is 15.1 Å². The van der Waals surface area contributed by atoms with Gasteiger partial charge in [-0.2, -0.15) is 0 Å². The lowest BCUT2D eigenvalue weighted by atomic mass is 9.90. The first-order chi connectivity index (χ1) is 17.9. The van der Waals surface area contributed by atoms with Gasteiger partial charge in [-0.1, -0.05) is 60.1 Å². The van der Waals surface area contributed by atoms with Crippen LogP contribution in [0.15, 0.2) is 66.7 Å². The zero-order valence-electron chi connectivity index (χ0n) is 20.5. The molecule has 0 radical (unpaired) electrons. The van der Waals surface area contributed by atoms with Crippen LogP contribution in [0.5, 0.6) is 0 Å². The number of imide groups is 1. The number of amides is 3. The third-order valence-electron chi connectivity index (χ3n) is 7.71. The second-order valence-corrected chi connectivity index (χ2v) is 10.8. The lowest BCUT2D eigenvalue weighted by molar-refractivity contribution is -0.136. The summed E-state index contributed by atoms with van der Waals surface area (Å²) in [4.78, 5) is 40.8. The molecule has 3 aromatic rings. The van der Waals surface area contributed by atoms with Crippen molar-refractivity contribution >= 4 is 29.3 Å². The van der Waals surface area contributed by atoms with Gasteiger partial charge < -0.3 is 4.90 Å². The van der Waals surface area contributed by atoms with Crippen LogP contribution in [-0.4, -0.2) is 46.7 Å². The van der Waals surface area contributed by atoms with E-state index in [1.54, 1.807) is 4.90 Å². The average Bonchev–Trinajstić information content (AvgIpc) is 3.19. The van der Waals surface area contributed by atoms with E-state index >= 15 is 0 Å². The Hall–Kier alpha value is -3.48. The number of nitrogens with one attached hydrogen (secondary N) is 1. The SMILES string of the molecule is O=C1CCC(N2Cc3cc(CC4CN(Cc5ccccc5-c5ccc(Cl)cc5)C4)ccc3C2=O)C(=O)N1. The van der Waals surface area contributed by atoms with Gasteiger partial charge in [0.15, 0.2) is 0 Å². The van der Waals surface area contributed by atoms with Gasteiger partial charge in [0.2, 0.25) is 11.8 Å². The predicted octanol–water partition coefficient (Wildman–Crippen LogP) is 4.44. The van der Waals surface area contributed by atoms with Crippen molar-refractivity contribution in [1.29, 1.82) is 0 Å². The van der Waals surface area contributed by atoms with Crippen LogP contribution in [0, 0.1) is 5.92 Å². The summed E-state index contributed by atoms with van der Waals surface area (Å²) in [5.74, 6) is -0.185. The van der Waals surface area contributed by atoms with Crippen LogP contribution in [0.4, 0.5) is 0 Å². The van der Waals surface area contributed by atoms with Gasteiger partial charge in [0.05, 0.1) is 0 Å². The monoisotopic (exact) mass is 513 g/mol. The maximum Gasteiger partial charge on any atom is 0.255 e. The molecule has 6 rings (SSSR count). The summed E-state index contributed by atoms with van der Waals surface area (Å²) in [6, 6.07) is 22.0. The minimum atomic E-state index is -0.572. The van der Waals surface area contributed by atoms with Crippen LogP contribution in [0.2, 0.25) is 5.02 Å². The zero-order valence-corrected chi connectivity index (χ0v) is 21.2. The lowest BCUT2D eigenvalue weighted by Crippen LogP contribution is -2.52. The van der Waals surface area contributed by atoms with Crippen molar-refractivity contribution < 1.29 is 14.4 Å². The van der Waals surface area contributed by atoms with Crippen LogP contribution in [0.3, 0.4) is 0 Å². The van der Waals surface area contributed by atoms with E-state index in [2.05, 4.69) is 52.7 Å². The zero-order chi connectivity index (χ0) is 25.5. The number of fused-ring (bicyclic) bond motifs is 1. The number of carbonyl (C=O) groups excluding carboxylic acids is 3. The summed E-state index contributed by atoms with van der Waals surface area (Å²) in [6.45, 7) is 3.40. The second kappa shape index (κ2) is 9.77. The smallest absolute Gasteiger partial charge is 0.255 e. The van der Waals surface area contributed by atoms with Crippen molar-refractivity contribution in [2.45, 2.75) is 38.4 Å². The first kappa shape index (κ1) is 23.9. The van der Waals surface area contributed by atoms with Gasteiger partial charge in [0.25, 0.3) is 5.91 Å². The highest BCUT2D eigenvalue weighted by molar-refractivity contribution is 6.30. The number of piperidine rings is 1. The van der Waals surface area contributed by atoms with Crippen molar-refractivity contribution in [3.63, 3.8) is 0 Å². The maximum atomic E-state index is 12.9. The van der Waals surface area contributed by atoms with Crippen LogP contribution in [-0.2, 0) is 29.1 Å². The number of benzene rings is 3. The molecule has 6 nitrogen and oxygen atoms in total. The van der Waals surface area contributed by atoms with Crippen molar-refractivity contribution in [3.05, 3.63) is 94.0 Å². The quantitative estimate of drug-likeness (QED) is 0.495. The fourth-order valence-corrected chi connectivity index (χ4v) is 5.96. The minimum Gasteiger partial charge on any atom is -0.322 e. The van der Waals surface area contributed by atoms with Crippen LogP contribution >= 0.6 is 11.6 Å². The second-order valence-electron chi connectivity index (χ2n) is 10.3. The molecule has 0 aromatic heterocycles. The summed E-state index contributed by atoms with van der Waals surface area (Å²) in [7, 11) is 0. The molecule has 0 aliphatic carbocycles. The van der Waals surface area contributed by atoms with E-state index in [1.807, 2.05) is 24.3 Å². The highest BCUT2D eigenvalue weighted by atomic mass is 35.5. The van der Waals surface area contributed by atoms with E-state index in [1.165, 1.54) is 22.3 Å². The minimum absolute atomic E-state index is 0.120. The Bertz CT molecular complexity index is 1380. The third kappa shape index (κ3) is 4.79. The fraction of sp³-hybridized carbons (Fsp3) is 0.300.